The standard InChI is InChI=1S/C24H30N2O5/c1-14-5-3-7-17(9-14)23-26-21(15(2)31-23)13-30-12-16-6-4-8-18(10-16)25-22(27)19-11-20(19)24(28)29/h3,5,7,9,16,18-20H,4,6,8,10-13H2,1-2H3,(H,25,27)(H,28,29). The van der Waals surface area contributed by atoms with Gasteiger partial charge in [0.2, 0.25) is 11.8 Å². The number of carboxylic acids is 1. The fourth-order valence-electron chi connectivity index (χ4n) is 4.43. The lowest BCUT2D eigenvalue weighted by Gasteiger charge is -2.29. The SMILES string of the molecule is Cc1cccc(-c2nc(COCC3CCCC(NC(=O)C4CC4C(=O)O)C3)c(C)o2)c1. The van der Waals surface area contributed by atoms with E-state index in [1.54, 1.807) is 0 Å². The van der Waals surface area contributed by atoms with Crippen LogP contribution >= 0.6 is 0 Å². The lowest BCUT2D eigenvalue weighted by molar-refractivity contribution is -0.140. The second-order valence-corrected chi connectivity index (χ2v) is 8.93. The quantitative estimate of drug-likeness (QED) is 0.664. The van der Waals surface area contributed by atoms with Crippen molar-refractivity contribution in [2.24, 2.45) is 17.8 Å². The van der Waals surface area contributed by atoms with E-state index in [1.807, 2.05) is 38.1 Å². The van der Waals surface area contributed by atoms with Gasteiger partial charge >= 0.3 is 5.97 Å². The zero-order chi connectivity index (χ0) is 22.0. The van der Waals surface area contributed by atoms with Gasteiger partial charge in [-0.15, -0.1) is 0 Å². The fraction of sp³-hybridized carbons (Fsp3) is 0.542. The Kier molecular flexibility index (Phi) is 6.41. The summed E-state index contributed by atoms with van der Waals surface area (Å²) in [5, 5.41) is 12.1. The number of hydrogen-bond donors (Lipinski definition) is 2. The number of benzene rings is 1. The summed E-state index contributed by atoms with van der Waals surface area (Å²) in [6, 6.07) is 8.17. The highest BCUT2D eigenvalue weighted by atomic mass is 16.5. The van der Waals surface area contributed by atoms with Gasteiger partial charge in [0.25, 0.3) is 0 Å². The lowest BCUT2D eigenvalue weighted by Crippen LogP contribution is -2.40. The van der Waals surface area contributed by atoms with Crippen LogP contribution in [0.1, 0.15) is 49.1 Å². The van der Waals surface area contributed by atoms with Crippen LogP contribution < -0.4 is 5.32 Å². The van der Waals surface area contributed by atoms with Crippen molar-refractivity contribution in [1.29, 1.82) is 0 Å². The summed E-state index contributed by atoms with van der Waals surface area (Å²) < 4.78 is 11.8. The van der Waals surface area contributed by atoms with E-state index in [0.717, 1.165) is 48.3 Å². The van der Waals surface area contributed by atoms with Gasteiger partial charge in [-0.3, -0.25) is 9.59 Å². The minimum atomic E-state index is -0.872. The molecule has 2 aliphatic rings. The number of nitrogens with one attached hydrogen (secondary N) is 1. The molecular weight excluding hydrogens is 396 g/mol. The molecule has 4 unspecified atom stereocenters. The maximum atomic E-state index is 12.2. The summed E-state index contributed by atoms with van der Waals surface area (Å²) in [5.41, 5.74) is 2.93. The minimum absolute atomic E-state index is 0.103. The smallest absolute Gasteiger partial charge is 0.307 e. The van der Waals surface area contributed by atoms with Crippen LogP contribution in [-0.2, 0) is 20.9 Å². The van der Waals surface area contributed by atoms with Crippen LogP contribution in [0, 0.1) is 31.6 Å². The Morgan fingerprint density at radius 3 is 2.81 bits per heavy atom. The van der Waals surface area contributed by atoms with Crippen molar-refractivity contribution in [3.05, 3.63) is 41.3 Å². The number of carboxylic acid groups (broad SMARTS) is 1. The Bertz CT molecular complexity index is 953. The second-order valence-electron chi connectivity index (χ2n) is 8.93. The molecule has 0 aliphatic heterocycles. The number of carbonyl (C=O) groups is 2. The summed E-state index contributed by atoms with van der Waals surface area (Å²) >= 11 is 0. The molecule has 31 heavy (non-hydrogen) atoms. The normalized spacial score (nSPS) is 25.2. The van der Waals surface area contributed by atoms with Crippen LogP contribution in [0.3, 0.4) is 0 Å². The molecule has 4 atom stereocenters. The van der Waals surface area contributed by atoms with Gasteiger partial charge in [-0.25, -0.2) is 4.98 Å². The first-order valence-corrected chi connectivity index (χ1v) is 11.0. The molecule has 166 valence electrons. The second kappa shape index (κ2) is 9.22. The Morgan fingerprint density at radius 1 is 1.23 bits per heavy atom. The monoisotopic (exact) mass is 426 g/mol. The van der Waals surface area contributed by atoms with Crippen LogP contribution in [0.15, 0.2) is 28.7 Å². The van der Waals surface area contributed by atoms with Crippen molar-refractivity contribution >= 4 is 11.9 Å². The zero-order valence-corrected chi connectivity index (χ0v) is 18.1. The van der Waals surface area contributed by atoms with Crippen molar-refractivity contribution in [2.75, 3.05) is 6.61 Å². The van der Waals surface area contributed by atoms with Crippen LogP contribution in [0.2, 0.25) is 0 Å². The number of carbonyl (C=O) groups excluding carboxylic acids is 1. The molecule has 7 nitrogen and oxygen atoms in total. The molecule has 2 saturated carbocycles. The van der Waals surface area contributed by atoms with Gasteiger partial charge in [0.15, 0.2) is 0 Å². The zero-order valence-electron chi connectivity index (χ0n) is 18.1. The van der Waals surface area contributed by atoms with Gasteiger partial charge in [0.1, 0.15) is 11.5 Å². The van der Waals surface area contributed by atoms with Crippen molar-refractivity contribution < 1.29 is 23.8 Å². The molecule has 0 bridgehead atoms. The van der Waals surface area contributed by atoms with E-state index in [1.165, 1.54) is 0 Å². The van der Waals surface area contributed by atoms with Crippen molar-refractivity contribution in [3.8, 4) is 11.5 Å². The third-order valence-electron chi connectivity index (χ3n) is 6.32. The average molecular weight is 427 g/mol. The van der Waals surface area contributed by atoms with Crippen LogP contribution in [0.5, 0.6) is 0 Å². The number of amides is 1. The summed E-state index contributed by atoms with van der Waals surface area (Å²) in [6.07, 6.45) is 4.37. The Balaban J connectivity index is 1.24. The summed E-state index contributed by atoms with van der Waals surface area (Å²) in [6.45, 7) is 4.95. The fourth-order valence-corrected chi connectivity index (χ4v) is 4.43. The molecule has 4 rings (SSSR count). The van der Waals surface area contributed by atoms with Gasteiger partial charge in [0.05, 0.1) is 18.4 Å². The predicted molar refractivity (Wildman–Crippen MR) is 114 cm³/mol. The molecule has 2 aromatic rings. The number of ether oxygens (including phenoxy) is 1. The molecule has 1 amide bonds. The van der Waals surface area contributed by atoms with E-state index in [9.17, 15) is 9.59 Å². The van der Waals surface area contributed by atoms with E-state index in [4.69, 9.17) is 14.3 Å². The topological polar surface area (TPSA) is 102 Å². The number of nitrogens with zero attached hydrogens (tertiary/aromatic N) is 1. The predicted octanol–water partition coefficient (Wildman–Crippen LogP) is 3.87. The van der Waals surface area contributed by atoms with E-state index < -0.39 is 11.9 Å². The number of aryl methyl sites for hydroxylation is 2. The molecule has 0 spiro atoms. The van der Waals surface area contributed by atoms with Gasteiger partial charge in [-0.05, 0) is 57.6 Å². The highest BCUT2D eigenvalue weighted by Gasteiger charge is 2.48. The minimum Gasteiger partial charge on any atom is -0.481 e. The number of rotatable bonds is 8. The number of hydrogen-bond acceptors (Lipinski definition) is 5. The number of aliphatic carboxylic acids is 1. The third-order valence-corrected chi connectivity index (χ3v) is 6.32. The molecule has 2 fully saturated rings. The summed E-state index contributed by atoms with van der Waals surface area (Å²) in [4.78, 5) is 27.8. The van der Waals surface area contributed by atoms with Gasteiger partial charge < -0.3 is 19.6 Å². The largest absolute Gasteiger partial charge is 0.481 e. The molecule has 2 N–H and O–H groups in total. The maximum absolute atomic E-state index is 12.2. The first kappa shape index (κ1) is 21.6. The first-order valence-electron chi connectivity index (χ1n) is 11.0. The van der Waals surface area contributed by atoms with E-state index in [-0.39, 0.29) is 17.9 Å². The van der Waals surface area contributed by atoms with E-state index >= 15 is 0 Å². The molecular formula is C24H30N2O5. The average Bonchev–Trinajstić information content (AvgIpc) is 3.46. The lowest BCUT2D eigenvalue weighted by atomic mass is 9.86. The molecule has 1 aromatic heterocycles. The van der Waals surface area contributed by atoms with Crippen molar-refractivity contribution in [3.63, 3.8) is 0 Å². The summed E-state index contributed by atoms with van der Waals surface area (Å²) in [7, 11) is 0. The van der Waals surface area contributed by atoms with Crippen LogP contribution in [0.4, 0.5) is 0 Å². The molecule has 0 radical (unpaired) electrons. The maximum Gasteiger partial charge on any atom is 0.307 e. The molecule has 1 aromatic carbocycles. The van der Waals surface area contributed by atoms with E-state index in [2.05, 4.69) is 10.3 Å². The Hall–Kier alpha value is -2.67. The molecule has 7 heteroatoms. The Labute approximate surface area is 182 Å². The highest BCUT2D eigenvalue weighted by molar-refractivity contribution is 5.89. The van der Waals surface area contributed by atoms with Crippen LogP contribution in [-0.4, -0.2) is 34.6 Å². The molecule has 2 aliphatic carbocycles. The molecule has 1 heterocycles. The van der Waals surface area contributed by atoms with Gasteiger partial charge in [-0.2, -0.15) is 0 Å². The van der Waals surface area contributed by atoms with Gasteiger partial charge in [-0.1, -0.05) is 24.1 Å². The highest BCUT2D eigenvalue weighted by Crippen LogP contribution is 2.39. The van der Waals surface area contributed by atoms with Crippen LogP contribution in [0.25, 0.3) is 11.5 Å². The first-order chi connectivity index (χ1) is 14.9. The third kappa shape index (κ3) is 5.34. The number of aromatic nitrogens is 1. The van der Waals surface area contributed by atoms with E-state index in [0.29, 0.717) is 31.4 Å². The van der Waals surface area contributed by atoms with Gasteiger partial charge in [0, 0.05) is 18.2 Å². The Morgan fingerprint density at radius 2 is 2.06 bits per heavy atom. The number of oxazole rings is 1. The molecule has 0 saturated heterocycles. The van der Waals surface area contributed by atoms with Crippen molar-refractivity contribution in [2.45, 2.75) is 58.6 Å². The van der Waals surface area contributed by atoms with Crippen molar-refractivity contribution in [1.82, 2.24) is 10.3 Å². The summed E-state index contributed by atoms with van der Waals surface area (Å²) in [5.74, 6) is -0.0886.